The van der Waals surface area contributed by atoms with E-state index >= 15 is 0 Å². The van der Waals surface area contributed by atoms with E-state index in [-0.39, 0.29) is 0 Å². The normalized spacial score (nSPS) is 17.8. The van der Waals surface area contributed by atoms with E-state index in [1.807, 2.05) is 6.20 Å². The number of benzene rings is 2. The summed E-state index contributed by atoms with van der Waals surface area (Å²) in [5.41, 5.74) is 1.35. The predicted octanol–water partition coefficient (Wildman–Crippen LogP) is 4.20. The summed E-state index contributed by atoms with van der Waals surface area (Å²) in [6.07, 6.45) is 2.92. The van der Waals surface area contributed by atoms with Crippen LogP contribution in [0.1, 0.15) is 18.0 Å². The smallest absolute Gasteiger partial charge is 0.139 e. The monoisotopic (exact) mass is 327 g/mol. The Hall–Kier alpha value is -1.81. The molecule has 1 aliphatic rings. The van der Waals surface area contributed by atoms with Crippen LogP contribution in [0.4, 0.5) is 5.82 Å². The first-order valence-corrected chi connectivity index (χ1v) is 7.58. The van der Waals surface area contributed by atoms with E-state index in [0.717, 1.165) is 23.3 Å². The first kappa shape index (κ1) is 12.0. The average molecular weight is 328 g/mol. The molecule has 4 heteroatoms. The van der Waals surface area contributed by atoms with Gasteiger partial charge in [0.2, 0.25) is 0 Å². The topological polar surface area (TPSA) is 29.9 Å². The van der Waals surface area contributed by atoms with Crippen molar-refractivity contribution in [3.8, 4) is 0 Å². The van der Waals surface area contributed by atoms with Crippen LogP contribution in [-0.2, 0) is 0 Å². The lowest BCUT2D eigenvalue weighted by molar-refractivity contribution is 0.484. The summed E-state index contributed by atoms with van der Waals surface area (Å²) in [4.78, 5) is 0. The van der Waals surface area contributed by atoms with Gasteiger partial charge >= 0.3 is 0 Å². The zero-order chi connectivity index (χ0) is 13.5. The maximum atomic E-state index is 4.53. The lowest BCUT2D eigenvalue weighted by Gasteiger charge is -2.27. The van der Waals surface area contributed by atoms with Gasteiger partial charge in [-0.2, -0.15) is 5.10 Å². The molecule has 1 N–H and O–H groups in total. The Morgan fingerprint density at radius 2 is 2.00 bits per heavy atom. The highest BCUT2D eigenvalue weighted by Crippen LogP contribution is 2.36. The minimum atomic E-state index is 0.295. The Labute approximate surface area is 125 Å². The molecule has 4 rings (SSSR count). The summed E-state index contributed by atoms with van der Waals surface area (Å²) < 4.78 is 3.12. The fourth-order valence-electron chi connectivity index (χ4n) is 3.02. The fraction of sp³-hybridized carbons (Fsp3) is 0.188. The molecule has 0 radical (unpaired) electrons. The Morgan fingerprint density at radius 1 is 1.15 bits per heavy atom. The largest absolute Gasteiger partial charge is 0.369 e. The van der Waals surface area contributed by atoms with Crippen LogP contribution in [0.25, 0.3) is 10.8 Å². The summed E-state index contributed by atoms with van der Waals surface area (Å²) in [6.45, 7) is 0.970. The number of aromatic nitrogens is 2. The fourth-order valence-corrected chi connectivity index (χ4v) is 3.43. The van der Waals surface area contributed by atoms with Crippen molar-refractivity contribution in [3.63, 3.8) is 0 Å². The molecule has 3 aromatic rings. The molecule has 0 fully saturated rings. The molecule has 20 heavy (non-hydrogen) atoms. The summed E-state index contributed by atoms with van der Waals surface area (Å²) in [5.74, 6) is 1.08. The molecule has 100 valence electrons. The van der Waals surface area contributed by atoms with E-state index in [0.29, 0.717) is 6.04 Å². The number of hydrogen-bond acceptors (Lipinski definition) is 2. The van der Waals surface area contributed by atoms with E-state index in [1.165, 1.54) is 16.3 Å². The molecule has 1 aliphatic heterocycles. The van der Waals surface area contributed by atoms with Crippen LogP contribution in [-0.4, -0.2) is 16.3 Å². The summed E-state index contributed by atoms with van der Waals surface area (Å²) >= 11 is 3.56. The zero-order valence-electron chi connectivity index (χ0n) is 10.9. The van der Waals surface area contributed by atoms with Gasteiger partial charge in [-0.1, -0.05) is 42.5 Å². The Bertz CT molecular complexity index is 773. The van der Waals surface area contributed by atoms with Gasteiger partial charge in [-0.3, -0.25) is 0 Å². The van der Waals surface area contributed by atoms with Crippen LogP contribution in [0.15, 0.2) is 53.1 Å². The number of hydrogen-bond donors (Lipinski definition) is 1. The SMILES string of the molecule is Brc1cnn2c1NCCC2c1cccc2ccccc12. The lowest BCUT2D eigenvalue weighted by atomic mass is 9.96. The van der Waals surface area contributed by atoms with Crippen LogP contribution in [0.5, 0.6) is 0 Å². The number of nitrogens with one attached hydrogen (secondary N) is 1. The van der Waals surface area contributed by atoms with E-state index in [1.54, 1.807) is 0 Å². The second-order valence-electron chi connectivity index (χ2n) is 5.09. The maximum Gasteiger partial charge on any atom is 0.139 e. The number of halogens is 1. The Balaban J connectivity index is 1.92. The molecule has 2 heterocycles. The van der Waals surface area contributed by atoms with Crippen molar-refractivity contribution in [2.45, 2.75) is 12.5 Å². The van der Waals surface area contributed by atoms with Crippen LogP contribution in [0, 0.1) is 0 Å². The van der Waals surface area contributed by atoms with Crippen molar-refractivity contribution >= 4 is 32.5 Å². The molecule has 1 atom stereocenters. The van der Waals surface area contributed by atoms with E-state index in [9.17, 15) is 0 Å². The van der Waals surface area contributed by atoms with Crippen LogP contribution >= 0.6 is 15.9 Å². The molecule has 0 saturated carbocycles. The Kier molecular flexibility index (Phi) is 2.77. The minimum absolute atomic E-state index is 0.295. The van der Waals surface area contributed by atoms with Gasteiger partial charge in [0.1, 0.15) is 5.82 Å². The molecular formula is C16H14BrN3. The van der Waals surface area contributed by atoms with Gasteiger partial charge in [0.15, 0.2) is 0 Å². The minimum Gasteiger partial charge on any atom is -0.369 e. The van der Waals surface area contributed by atoms with E-state index in [2.05, 4.69) is 73.5 Å². The summed E-state index contributed by atoms with van der Waals surface area (Å²) in [7, 11) is 0. The lowest BCUT2D eigenvalue weighted by Crippen LogP contribution is -2.24. The second kappa shape index (κ2) is 4.63. The molecule has 1 unspecified atom stereocenters. The molecule has 0 bridgehead atoms. The standard InChI is InChI=1S/C16H14BrN3/c17-14-10-19-20-15(8-9-18-16(14)20)13-7-3-5-11-4-1-2-6-12(11)13/h1-7,10,15,18H,8-9H2. The summed E-state index contributed by atoms with van der Waals surface area (Å²) in [5, 5.41) is 10.5. The van der Waals surface area contributed by atoms with E-state index in [4.69, 9.17) is 0 Å². The number of fused-ring (bicyclic) bond motifs is 2. The van der Waals surface area contributed by atoms with Gasteiger partial charge in [0.05, 0.1) is 16.7 Å². The maximum absolute atomic E-state index is 4.53. The van der Waals surface area contributed by atoms with Crippen molar-refractivity contribution in [3.05, 3.63) is 58.7 Å². The van der Waals surface area contributed by atoms with Gasteiger partial charge in [-0.25, -0.2) is 4.68 Å². The number of rotatable bonds is 1. The molecule has 0 saturated heterocycles. The molecular weight excluding hydrogens is 314 g/mol. The van der Waals surface area contributed by atoms with Crippen molar-refractivity contribution in [2.24, 2.45) is 0 Å². The van der Waals surface area contributed by atoms with Crippen molar-refractivity contribution in [1.29, 1.82) is 0 Å². The average Bonchev–Trinajstić information content (AvgIpc) is 2.88. The molecule has 0 amide bonds. The summed E-state index contributed by atoms with van der Waals surface area (Å²) in [6, 6.07) is 15.4. The molecule has 0 aliphatic carbocycles. The van der Waals surface area contributed by atoms with Crippen LogP contribution in [0.3, 0.4) is 0 Å². The number of nitrogens with zero attached hydrogens (tertiary/aromatic N) is 2. The van der Waals surface area contributed by atoms with Gasteiger partial charge in [0.25, 0.3) is 0 Å². The van der Waals surface area contributed by atoms with Crippen LogP contribution < -0.4 is 5.32 Å². The highest BCUT2D eigenvalue weighted by Gasteiger charge is 2.24. The zero-order valence-corrected chi connectivity index (χ0v) is 12.5. The quantitative estimate of drug-likeness (QED) is 0.725. The molecule has 1 aromatic heterocycles. The van der Waals surface area contributed by atoms with Gasteiger partial charge in [-0.15, -0.1) is 0 Å². The number of anilines is 1. The van der Waals surface area contributed by atoms with Crippen molar-refractivity contribution in [1.82, 2.24) is 9.78 Å². The highest BCUT2D eigenvalue weighted by atomic mass is 79.9. The van der Waals surface area contributed by atoms with Crippen LogP contribution in [0.2, 0.25) is 0 Å². The first-order valence-electron chi connectivity index (χ1n) is 6.79. The second-order valence-corrected chi connectivity index (χ2v) is 5.94. The first-order chi connectivity index (χ1) is 9.84. The van der Waals surface area contributed by atoms with Gasteiger partial charge in [-0.05, 0) is 38.7 Å². The molecule has 2 aromatic carbocycles. The third-order valence-electron chi connectivity index (χ3n) is 3.94. The predicted molar refractivity (Wildman–Crippen MR) is 85.1 cm³/mol. The van der Waals surface area contributed by atoms with Crippen molar-refractivity contribution < 1.29 is 0 Å². The molecule has 0 spiro atoms. The van der Waals surface area contributed by atoms with Crippen molar-refractivity contribution in [2.75, 3.05) is 11.9 Å². The van der Waals surface area contributed by atoms with Gasteiger partial charge in [0, 0.05) is 6.54 Å². The Morgan fingerprint density at radius 3 is 2.95 bits per heavy atom. The highest BCUT2D eigenvalue weighted by molar-refractivity contribution is 9.10. The third kappa shape index (κ3) is 1.75. The van der Waals surface area contributed by atoms with E-state index < -0.39 is 0 Å². The third-order valence-corrected chi connectivity index (χ3v) is 4.52. The van der Waals surface area contributed by atoms with Gasteiger partial charge < -0.3 is 5.32 Å². The molecule has 3 nitrogen and oxygen atoms in total.